The second kappa shape index (κ2) is 5.04. The highest BCUT2D eigenvalue weighted by Crippen LogP contribution is 2.55. The van der Waals surface area contributed by atoms with Crippen molar-refractivity contribution in [1.82, 2.24) is 10.1 Å². The van der Waals surface area contributed by atoms with Crippen LogP contribution in [0.5, 0.6) is 0 Å². The van der Waals surface area contributed by atoms with Crippen LogP contribution in [0.2, 0.25) is 5.02 Å². The predicted octanol–water partition coefficient (Wildman–Crippen LogP) is 4.54. The fraction of sp³-hybridized carbons (Fsp3) is 0.588. The molecule has 0 unspecified atom stereocenters. The average Bonchev–Trinajstić information content (AvgIpc) is 3.24. The van der Waals surface area contributed by atoms with Gasteiger partial charge in [-0.25, -0.2) is 0 Å². The van der Waals surface area contributed by atoms with Crippen LogP contribution in [0.3, 0.4) is 0 Å². The Labute approximate surface area is 147 Å². The molecule has 6 rings (SSSR count). The third kappa shape index (κ3) is 2.21. The normalized spacial score (nSPS) is 30.2. The smallest absolute Gasteiger partial charge is 0.362 e. The molecule has 1 aliphatic carbocycles. The van der Waals surface area contributed by atoms with Crippen molar-refractivity contribution in [2.75, 3.05) is 18.4 Å². The number of nitrogens with one attached hydrogen (secondary N) is 1. The van der Waals surface area contributed by atoms with E-state index in [2.05, 4.69) is 15.4 Å². The van der Waals surface area contributed by atoms with E-state index in [4.69, 9.17) is 16.1 Å². The van der Waals surface area contributed by atoms with E-state index in [0.717, 1.165) is 38.8 Å². The Morgan fingerprint density at radius 3 is 2.60 bits per heavy atom. The van der Waals surface area contributed by atoms with Crippen molar-refractivity contribution in [2.24, 2.45) is 5.92 Å². The molecule has 134 valence electrons. The monoisotopic (exact) mass is 371 g/mol. The lowest BCUT2D eigenvalue weighted by molar-refractivity contribution is -0.136. The molecule has 2 aromatic rings. The zero-order valence-electron chi connectivity index (χ0n) is 13.4. The molecule has 0 radical (unpaired) electrons. The first-order valence-electron chi connectivity index (χ1n) is 8.57. The first-order valence-corrected chi connectivity index (χ1v) is 8.95. The Kier molecular flexibility index (Phi) is 3.18. The highest BCUT2D eigenvalue weighted by molar-refractivity contribution is 6.32. The van der Waals surface area contributed by atoms with Crippen molar-refractivity contribution in [2.45, 2.75) is 43.4 Å². The van der Waals surface area contributed by atoms with Gasteiger partial charge in [0.05, 0.1) is 10.4 Å². The Hall–Kier alpha value is -1.47. The minimum Gasteiger partial charge on any atom is -0.362 e. The van der Waals surface area contributed by atoms with Crippen molar-refractivity contribution < 1.29 is 17.7 Å². The summed E-state index contributed by atoms with van der Waals surface area (Å²) < 4.78 is 45.0. The van der Waals surface area contributed by atoms with Gasteiger partial charge in [-0.3, -0.25) is 4.90 Å². The van der Waals surface area contributed by atoms with Crippen molar-refractivity contribution >= 4 is 28.4 Å². The van der Waals surface area contributed by atoms with E-state index in [1.807, 2.05) is 0 Å². The predicted molar refractivity (Wildman–Crippen MR) is 87.7 cm³/mol. The largest absolute Gasteiger partial charge is 0.421 e. The molecule has 25 heavy (non-hydrogen) atoms. The molecular weight excluding hydrogens is 355 g/mol. The van der Waals surface area contributed by atoms with E-state index < -0.39 is 11.7 Å². The third-order valence-electron chi connectivity index (χ3n) is 6.15. The van der Waals surface area contributed by atoms with Gasteiger partial charge in [0.1, 0.15) is 5.56 Å². The number of anilines is 1. The summed E-state index contributed by atoms with van der Waals surface area (Å²) in [6.07, 6.45) is -0.0719. The fourth-order valence-electron chi connectivity index (χ4n) is 4.82. The molecule has 1 N–H and O–H groups in total. The van der Waals surface area contributed by atoms with Crippen molar-refractivity contribution in [3.05, 3.63) is 22.7 Å². The van der Waals surface area contributed by atoms with Crippen LogP contribution < -0.4 is 5.32 Å². The van der Waals surface area contributed by atoms with Crippen LogP contribution in [0.1, 0.15) is 31.2 Å². The number of hydrogen-bond donors (Lipinski definition) is 1. The quantitative estimate of drug-likeness (QED) is 0.841. The Bertz CT molecular complexity index is 838. The molecule has 4 nitrogen and oxygen atoms in total. The highest BCUT2D eigenvalue weighted by atomic mass is 35.5. The number of rotatable bonds is 2. The topological polar surface area (TPSA) is 41.3 Å². The van der Waals surface area contributed by atoms with E-state index in [0.29, 0.717) is 17.1 Å². The minimum absolute atomic E-state index is 0.158. The number of benzene rings is 1. The van der Waals surface area contributed by atoms with E-state index in [1.165, 1.54) is 6.07 Å². The lowest BCUT2D eigenvalue weighted by Crippen LogP contribution is -2.62. The zero-order chi connectivity index (χ0) is 17.4. The second-order valence-corrected chi connectivity index (χ2v) is 7.79. The van der Waals surface area contributed by atoms with E-state index >= 15 is 0 Å². The molecule has 0 amide bonds. The summed E-state index contributed by atoms with van der Waals surface area (Å²) in [6.45, 7) is 2.24. The molecule has 1 spiro atoms. The van der Waals surface area contributed by atoms with Crippen molar-refractivity contribution in [3.63, 3.8) is 0 Å². The van der Waals surface area contributed by atoms with Gasteiger partial charge in [-0.1, -0.05) is 16.8 Å². The maximum absolute atomic E-state index is 13.3. The summed E-state index contributed by atoms with van der Waals surface area (Å²) in [5.41, 5.74) is -1.10. The van der Waals surface area contributed by atoms with Gasteiger partial charge in [0, 0.05) is 11.6 Å². The molecule has 8 heteroatoms. The Balaban J connectivity index is 1.54. The van der Waals surface area contributed by atoms with Crippen LogP contribution in [-0.4, -0.2) is 34.7 Å². The lowest BCUT2D eigenvalue weighted by Gasteiger charge is -2.52. The first kappa shape index (κ1) is 15.8. The summed E-state index contributed by atoms with van der Waals surface area (Å²) in [5.74, 6) is 0.927. The molecule has 3 aliphatic heterocycles. The van der Waals surface area contributed by atoms with Crippen molar-refractivity contribution in [3.8, 4) is 0 Å². The molecule has 2 bridgehead atoms. The van der Waals surface area contributed by atoms with Crippen LogP contribution in [-0.2, 0) is 6.18 Å². The molecule has 1 aromatic heterocycles. The molecule has 4 fully saturated rings. The number of piperidine rings is 3. The van der Waals surface area contributed by atoms with Gasteiger partial charge in [-0.05, 0) is 56.8 Å². The number of fused-ring (bicyclic) bond motifs is 3. The zero-order valence-corrected chi connectivity index (χ0v) is 14.1. The van der Waals surface area contributed by atoms with E-state index in [9.17, 15) is 13.2 Å². The van der Waals surface area contributed by atoms with Gasteiger partial charge in [-0.2, -0.15) is 13.2 Å². The summed E-state index contributed by atoms with van der Waals surface area (Å²) >= 11 is 5.76. The van der Waals surface area contributed by atoms with Crippen LogP contribution >= 0.6 is 11.6 Å². The lowest BCUT2D eigenvalue weighted by atomic mass is 9.77. The summed E-state index contributed by atoms with van der Waals surface area (Å²) in [4.78, 5) is 2.53. The maximum atomic E-state index is 13.3. The van der Waals surface area contributed by atoms with Crippen LogP contribution in [0.15, 0.2) is 16.7 Å². The SMILES string of the molecule is FC(F)(F)c1c(Cl)ccc2c(N[C@@H]3C4CCN(CC4)C34CC4)noc12. The number of hydrogen-bond acceptors (Lipinski definition) is 4. The van der Waals surface area contributed by atoms with Gasteiger partial charge in [-0.15, -0.1) is 0 Å². The molecule has 1 saturated carbocycles. The minimum atomic E-state index is -4.58. The van der Waals surface area contributed by atoms with Crippen molar-refractivity contribution in [1.29, 1.82) is 0 Å². The standard InChI is InChI=1S/C17H17ClF3N3O/c18-11-2-1-10-13(12(11)17(19,20)21)25-23-15(10)22-14-9-3-7-24(8-4-9)16(14)5-6-16/h1-2,9,14H,3-8H2,(H,22,23)/t14-/m1/s1. The summed E-state index contributed by atoms with van der Waals surface area (Å²) in [5, 5.41) is 7.31. The van der Waals surface area contributed by atoms with Gasteiger partial charge in [0.25, 0.3) is 0 Å². The molecule has 3 saturated heterocycles. The number of halogens is 4. The van der Waals surface area contributed by atoms with Gasteiger partial charge >= 0.3 is 6.18 Å². The molecule has 1 aromatic carbocycles. The average molecular weight is 372 g/mol. The fourth-order valence-corrected chi connectivity index (χ4v) is 5.07. The summed E-state index contributed by atoms with van der Waals surface area (Å²) in [6, 6.07) is 3.03. The first-order chi connectivity index (χ1) is 11.9. The summed E-state index contributed by atoms with van der Waals surface area (Å²) in [7, 11) is 0. The number of alkyl halides is 3. The van der Waals surface area contributed by atoms with Gasteiger partial charge < -0.3 is 9.84 Å². The van der Waals surface area contributed by atoms with Crippen LogP contribution in [0, 0.1) is 5.92 Å². The molecule has 1 atom stereocenters. The van der Waals surface area contributed by atoms with Gasteiger partial charge in [0.15, 0.2) is 11.4 Å². The van der Waals surface area contributed by atoms with Crippen LogP contribution in [0.25, 0.3) is 11.0 Å². The van der Waals surface area contributed by atoms with E-state index in [-0.39, 0.29) is 22.2 Å². The molecular formula is C17H17ClF3N3O. The molecule has 4 aliphatic rings. The van der Waals surface area contributed by atoms with E-state index in [1.54, 1.807) is 6.07 Å². The second-order valence-electron chi connectivity index (χ2n) is 7.38. The number of nitrogens with zero attached hydrogens (tertiary/aromatic N) is 2. The Morgan fingerprint density at radius 2 is 1.96 bits per heavy atom. The van der Waals surface area contributed by atoms with Gasteiger partial charge in [0.2, 0.25) is 0 Å². The number of aromatic nitrogens is 1. The molecule has 4 heterocycles. The Morgan fingerprint density at radius 1 is 1.24 bits per heavy atom. The maximum Gasteiger partial charge on any atom is 0.421 e. The highest BCUT2D eigenvalue weighted by Gasteiger charge is 2.60. The third-order valence-corrected chi connectivity index (χ3v) is 6.46. The van der Waals surface area contributed by atoms with Crippen LogP contribution in [0.4, 0.5) is 19.0 Å².